The quantitative estimate of drug-likeness (QED) is 0.774. The first-order valence-electron chi connectivity index (χ1n) is 7.14. The van der Waals surface area contributed by atoms with Gasteiger partial charge in [-0.1, -0.05) is 0 Å². The number of carbonyl (C=O) groups is 1. The van der Waals surface area contributed by atoms with Crippen molar-refractivity contribution in [2.45, 2.75) is 31.8 Å². The van der Waals surface area contributed by atoms with Crippen molar-refractivity contribution in [1.82, 2.24) is 9.80 Å². The summed E-state index contributed by atoms with van der Waals surface area (Å²) in [6.07, 6.45) is 3.96. The number of nitrogens with zero attached hydrogens (tertiary/aromatic N) is 2. The Labute approximate surface area is 109 Å². The zero-order valence-corrected chi connectivity index (χ0v) is 11.1. The maximum atomic E-state index is 12.3. The van der Waals surface area contributed by atoms with E-state index in [4.69, 9.17) is 10.5 Å². The largest absolute Gasteiger partial charge is 0.368 e. The molecule has 0 aliphatic carbocycles. The number of ether oxygens (including phenoxy) is 1. The monoisotopic (exact) mass is 255 g/mol. The number of rotatable bonds is 3. The maximum absolute atomic E-state index is 12.3. The first-order chi connectivity index (χ1) is 8.81. The lowest BCUT2D eigenvalue weighted by Crippen LogP contribution is -2.43. The minimum absolute atomic E-state index is 0.181. The van der Waals surface area contributed by atoms with Gasteiger partial charge in [0.1, 0.15) is 6.10 Å². The Morgan fingerprint density at radius 2 is 2.06 bits per heavy atom. The van der Waals surface area contributed by atoms with Crippen molar-refractivity contribution >= 4 is 5.91 Å². The highest BCUT2D eigenvalue weighted by atomic mass is 16.5. The summed E-state index contributed by atoms with van der Waals surface area (Å²) in [5.41, 5.74) is 5.58. The highest BCUT2D eigenvalue weighted by Gasteiger charge is 2.27. The lowest BCUT2D eigenvalue weighted by atomic mass is 10.1. The van der Waals surface area contributed by atoms with Crippen molar-refractivity contribution in [2.24, 2.45) is 5.73 Å². The van der Waals surface area contributed by atoms with Gasteiger partial charge in [-0.3, -0.25) is 4.79 Å². The van der Waals surface area contributed by atoms with E-state index in [2.05, 4.69) is 4.90 Å². The predicted molar refractivity (Wildman–Crippen MR) is 70.3 cm³/mol. The molecular weight excluding hydrogens is 230 g/mol. The van der Waals surface area contributed by atoms with Crippen LogP contribution in [0.2, 0.25) is 0 Å². The molecule has 2 N–H and O–H groups in total. The van der Waals surface area contributed by atoms with E-state index in [9.17, 15) is 4.79 Å². The van der Waals surface area contributed by atoms with E-state index in [0.717, 1.165) is 65.0 Å². The molecule has 1 unspecified atom stereocenters. The molecule has 5 heteroatoms. The molecule has 2 heterocycles. The maximum Gasteiger partial charge on any atom is 0.251 e. The van der Waals surface area contributed by atoms with Gasteiger partial charge in [0.05, 0.1) is 0 Å². The minimum atomic E-state index is -0.181. The fourth-order valence-corrected chi connectivity index (χ4v) is 2.74. The van der Waals surface area contributed by atoms with Crippen LogP contribution in [0.15, 0.2) is 0 Å². The fraction of sp³-hybridized carbons (Fsp3) is 0.923. The van der Waals surface area contributed by atoms with Gasteiger partial charge in [0.25, 0.3) is 5.91 Å². The van der Waals surface area contributed by atoms with Gasteiger partial charge >= 0.3 is 0 Å². The molecule has 2 fully saturated rings. The van der Waals surface area contributed by atoms with Crippen LogP contribution in [0, 0.1) is 0 Å². The summed E-state index contributed by atoms with van der Waals surface area (Å²) in [5, 5.41) is 0. The van der Waals surface area contributed by atoms with Crippen LogP contribution in [0.3, 0.4) is 0 Å². The topological polar surface area (TPSA) is 58.8 Å². The van der Waals surface area contributed by atoms with Gasteiger partial charge < -0.3 is 20.3 Å². The summed E-state index contributed by atoms with van der Waals surface area (Å²) in [4.78, 5) is 16.6. The second kappa shape index (κ2) is 7.07. The zero-order valence-electron chi connectivity index (χ0n) is 11.1. The average molecular weight is 255 g/mol. The van der Waals surface area contributed by atoms with Crippen LogP contribution in [-0.4, -0.2) is 67.7 Å². The highest BCUT2D eigenvalue weighted by molar-refractivity contribution is 5.81. The van der Waals surface area contributed by atoms with E-state index in [0.29, 0.717) is 6.54 Å². The molecule has 2 rings (SSSR count). The first-order valence-corrected chi connectivity index (χ1v) is 7.14. The van der Waals surface area contributed by atoms with Crippen LogP contribution in [-0.2, 0) is 9.53 Å². The Kier molecular flexibility index (Phi) is 5.41. The highest BCUT2D eigenvalue weighted by Crippen LogP contribution is 2.16. The van der Waals surface area contributed by atoms with E-state index in [1.807, 2.05) is 4.90 Å². The summed E-state index contributed by atoms with van der Waals surface area (Å²) >= 11 is 0. The van der Waals surface area contributed by atoms with E-state index >= 15 is 0 Å². The fourth-order valence-electron chi connectivity index (χ4n) is 2.74. The van der Waals surface area contributed by atoms with Gasteiger partial charge in [-0.2, -0.15) is 0 Å². The van der Waals surface area contributed by atoms with Crippen molar-refractivity contribution in [3.63, 3.8) is 0 Å². The third kappa shape index (κ3) is 3.67. The molecule has 0 aromatic carbocycles. The predicted octanol–water partition coefficient (Wildman–Crippen LogP) is 0.0485. The Bertz CT molecular complexity index is 267. The van der Waals surface area contributed by atoms with Gasteiger partial charge in [-0.15, -0.1) is 0 Å². The van der Waals surface area contributed by atoms with Crippen LogP contribution >= 0.6 is 0 Å². The summed E-state index contributed by atoms with van der Waals surface area (Å²) in [6, 6.07) is 0. The number of amides is 1. The van der Waals surface area contributed by atoms with Crippen LogP contribution in [0.5, 0.6) is 0 Å². The van der Waals surface area contributed by atoms with Gasteiger partial charge in [-0.05, 0) is 32.2 Å². The molecule has 2 saturated heterocycles. The second-order valence-electron chi connectivity index (χ2n) is 5.16. The molecule has 104 valence electrons. The van der Waals surface area contributed by atoms with Gasteiger partial charge in [0.15, 0.2) is 0 Å². The third-order valence-electron chi connectivity index (χ3n) is 3.80. The lowest BCUT2D eigenvalue weighted by Gasteiger charge is -2.28. The van der Waals surface area contributed by atoms with E-state index in [-0.39, 0.29) is 12.0 Å². The van der Waals surface area contributed by atoms with Crippen molar-refractivity contribution < 1.29 is 9.53 Å². The standard InChI is InChI=1S/C13H25N3O2/c14-5-8-15-6-3-7-16(10-9-15)13(17)12-4-1-2-11-18-12/h12H,1-11,14H2. The molecule has 0 aromatic rings. The number of carbonyl (C=O) groups excluding carboxylic acids is 1. The molecule has 5 nitrogen and oxygen atoms in total. The lowest BCUT2D eigenvalue weighted by molar-refractivity contribution is -0.146. The normalized spacial score (nSPS) is 26.9. The number of hydrogen-bond donors (Lipinski definition) is 1. The Morgan fingerprint density at radius 3 is 2.78 bits per heavy atom. The van der Waals surface area contributed by atoms with Gasteiger partial charge in [0, 0.05) is 39.3 Å². The average Bonchev–Trinajstić information content (AvgIpc) is 2.65. The summed E-state index contributed by atoms with van der Waals surface area (Å²) < 4.78 is 5.58. The summed E-state index contributed by atoms with van der Waals surface area (Å²) in [7, 11) is 0. The van der Waals surface area contributed by atoms with Crippen LogP contribution in [0.1, 0.15) is 25.7 Å². The molecule has 2 aliphatic rings. The molecule has 1 atom stereocenters. The van der Waals surface area contributed by atoms with Crippen molar-refractivity contribution in [2.75, 3.05) is 45.9 Å². The van der Waals surface area contributed by atoms with Crippen molar-refractivity contribution in [1.29, 1.82) is 0 Å². The first kappa shape index (κ1) is 13.8. The van der Waals surface area contributed by atoms with Crippen molar-refractivity contribution in [3.05, 3.63) is 0 Å². The SMILES string of the molecule is NCCN1CCCN(C(=O)C2CCCCO2)CC1. The van der Waals surface area contributed by atoms with E-state index in [1.54, 1.807) is 0 Å². The van der Waals surface area contributed by atoms with Crippen molar-refractivity contribution in [3.8, 4) is 0 Å². The van der Waals surface area contributed by atoms with Crippen LogP contribution in [0.4, 0.5) is 0 Å². The molecule has 2 aliphatic heterocycles. The van der Waals surface area contributed by atoms with E-state index < -0.39 is 0 Å². The molecule has 0 radical (unpaired) electrons. The molecule has 0 spiro atoms. The Balaban J connectivity index is 1.82. The summed E-state index contributed by atoms with van der Waals surface area (Å²) in [6.45, 7) is 6.03. The Morgan fingerprint density at radius 1 is 1.17 bits per heavy atom. The molecule has 0 bridgehead atoms. The third-order valence-corrected chi connectivity index (χ3v) is 3.80. The molecule has 0 saturated carbocycles. The van der Waals surface area contributed by atoms with Gasteiger partial charge in [-0.25, -0.2) is 0 Å². The minimum Gasteiger partial charge on any atom is -0.368 e. The van der Waals surface area contributed by atoms with E-state index in [1.165, 1.54) is 0 Å². The Hall–Kier alpha value is -0.650. The number of nitrogens with two attached hydrogens (primary N) is 1. The second-order valence-corrected chi connectivity index (χ2v) is 5.16. The van der Waals surface area contributed by atoms with Crippen LogP contribution in [0.25, 0.3) is 0 Å². The van der Waals surface area contributed by atoms with Gasteiger partial charge in [0.2, 0.25) is 0 Å². The molecule has 18 heavy (non-hydrogen) atoms. The molecule has 0 aromatic heterocycles. The van der Waals surface area contributed by atoms with Crippen LogP contribution < -0.4 is 5.73 Å². The summed E-state index contributed by atoms with van der Waals surface area (Å²) in [5.74, 6) is 0.198. The zero-order chi connectivity index (χ0) is 12.8. The molecule has 1 amide bonds. The molecular formula is C13H25N3O2. The smallest absolute Gasteiger partial charge is 0.251 e. The number of hydrogen-bond acceptors (Lipinski definition) is 4.